The lowest BCUT2D eigenvalue weighted by Crippen LogP contribution is -2.33. The van der Waals surface area contributed by atoms with Gasteiger partial charge < -0.3 is 15.0 Å². The van der Waals surface area contributed by atoms with Crippen LogP contribution in [0.2, 0.25) is 0 Å². The number of thiazole rings is 1. The molecule has 5 heteroatoms. The number of nitrogens with one attached hydrogen (secondary N) is 1. The SMILES string of the molecule is CCNCc1sc(N(C)CC2CCCCO2)nc1CC. The smallest absolute Gasteiger partial charge is 0.185 e. The van der Waals surface area contributed by atoms with Crippen molar-refractivity contribution in [2.45, 2.75) is 52.2 Å². The average Bonchev–Trinajstić information content (AvgIpc) is 2.89. The molecule has 20 heavy (non-hydrogen) atoms. The summed E-state index contributed by atoms with van der Waals surface area (Å²) in [6, 6.07) is 0. The first-order valence-electron chi connectivity index (χ1n) is 7.76. The van der Waals surface area contributed by atoms with Crippen molar-refractivity contribution in [1.29, 1.82) is 0 Å². The molecule has 1 aliphatic heterocycles. The zero-order chi connectivity index (χ0) is 14.4. The second kappa shape index (κ2) is 7.96. The number of nitrogens with zero attached hydrogens (tertiary/aromatic N) is 2. The summed E-state index contributed by atoms with van der Waals surface area (Å²) in [5.74, 6) is 0. The molecule has 2 heterocycles. The molecular weight excluding hydrogens is 270 g/mol. The maximum atomic E-state index is 5.82. The molecule has 114 valence electrons. The maximum absolute atomic E-state index is 5.82. The van der Waals surface area contributed by atoms with E-state index in [0.717, 1.165) is 37.8 Å². The number of likely N-dealkylation sites (N-methyl/N-ethyl adjacent to an activating group) is 1. The van der Waals surface area contributed by atoms with E-state index in [1.54, 1.807) is 0 Å². The molecule has 0 radical (unpaired) electrons. The number of anilines is 1. The fourth-order valence-electron chi connectivity index (χ4n) is 2.52. The van der Waals surface area contributed by atoms with Gasteiger partial charge in [-0.25, -0.2) is 4.98 Å². The third kappa shape index (κ3) is 4.17. The fourth-order valence-corrected chi connectivity index (χ4v) is 3.61. The van der Waals surface area contributed by atoms with E-state index in [2.05, 4.69) is 31.1 Å². The largest absolute Gasteiger partial charge is 0.376 e. The Bertz CT molecular complexity index is 402. The van der Waals surface area contributed by atoms with Crippen LogP contribution in [-0.2, 0) is 17.7 Å². The van der Waals surface area contributed by atoms with E-state index in [1.165, 1.54) is 29.8 Å². The van der Waals surface area contributed by atoms with Gasteiger partial charge in [0.2, 0.25) is 0 Å². The van der Waals surface area contributed by atoms with Gasteiger partial charge in [-0.15, -0.1) is 11.3 Å². The van der Waals surface area contributed by atoms with Crippen LogP contribution in [0.3, 0.4) is 0 Å². The summed E-state index contributed by atoms with van der Waals surface area (Å²) >= 11 is 1.82. The van der Waals surface area contributed by atoms with E-state index >= 15 is 0 Å². The molecule has 1 fully saturated rings. The third-order valence-corrected chi connectivity index (χ3v) is 4.93. The third-order valence-electron chi connectivity index (χ3n) is 3.72. The Hall–Kier alpha value is -0.650. The molecule has 1 N–H and O–H groups in total. The van der Waals surface area contributed by atoms with Crippen molar-refractivity contribution in [1.82, 2.24) is 10.3 Å². The minimum atomic E-state index is 0.375. The maximum Gasteiger partial charge on any atom is 0.185 e. The molecule has 0 saturated carbocycles. The number of aryl methyl sites for hydroxylation is 1. The summed E-state index contributed by atoms with van der Waals surface area (Å²) in [5.41, 5.74) is 1.24. The summed E-state index contributed by atoms with van der Waals surface area (Å²) in [7, 11) is 2.13. The molecule has 4 nitrogen and oxygen atoms in total. The normalized spacial score (nSPS) is 19.2. The summed E-state index contributed by atoms with van der Waals surface area (Å²) < 4.78 is 5.82. The Labute approximate surface area is 126 Å². The molecular formula is C15H27N3OS. The second-order valence-electron chi connectivity index (χ2n) is 5.37. The number of hydrogen-bond donors (Lipinski definition) is 1. The Balaban J connectivity index is 1.97. The van der Waals surface area contributed by atoms with Gasteiger partial charge in [0, 0.05) is 31.6 Å². The van der Waals surface area contributed by atoms with Crippen LogP contribution in [0.15, 0.2) is 0 Å². The number of aromatic nitrogens is 1. The van der Waals surface area contributed by atoms with E-state index in [1.807, 2.05) is 11.3 Å². The number of ether oxygens (including phenoxy) is 1. The van der Waals surface area contributed by atoms with Crippen LogP contribution in [0.4, 0.5) is 5.13 Å². The Morgan fingerprint density at radius 3 is 2.90 bits per heavy atom. The second-order valence-corrected chi connectivity index (χ2v) is 6.43. The van der Waals surface area contributed by atoms with Crippen LogP contribution in [0.5, 0.6) is 0 Å². The van der Waals surface area contributed by atoms with Crippen LogP contribution in [0.25, 0.3) is 0 Å². The molecule has 1 unspecified atom stereocenters. The van der Waals surface area contributed by atoms with Crippen molar-refractivity contribution in [2.75, 3.05) is 31.6 Å². The lowest BCUT2D eigenvalue weighted by molar-refractivity contribution is 0.0216. The van der Waals surface area contributed by atoms with Crippen LogP contribution in [-0.4, -0.2) is 37.8 Å². The molecule has 1 aliphatic rings. The van der Waals surface area contributed by atoms with Crippen molar-refractivity contribution in [3.8, 4) is 0 Å². The number of rotatable bonds is 7. The highest BCUT2D eigenvalue weighted by Gasteiger charge is 2.19. The highest BCUT2D eigenvalue weighted by Crippen LogP contribution is 2.27. The van der Waals surface area contributed by atoms with E-state index in [9.17, 15) is 0 Å². The zero-order valence-corrected chi connectivity index (χ0v) is 13.8. The van der Waals surface area contributed by atoms with Crippen molar-refractivity contribution in [3.63, 3.8) is 0 Å². The molecule has 1 atom stereocenters. The van der Waals surface area contributed by atoms with Crippen molar-refractivity contribution in [2.24, 2.45) is 0 Å². The van der Waals surface area contributed by atoms with Gasteiger partial charge in [0.15, 0.2) is 5.13 Å². The summed E-state index contributed by atoms with van der Waals surface area (Å²) in [4.78, 5) is 8.43. The molecule has 1 aromatic heterocycles. The quantitative estimate of drug-likeness (QED) is 0.840. The van der Waals surface area contributed by atoms with Gasteiger partial charge in [-0.05, 0) is 32.2 Å². The van der Waals surface area contributed by atoms with Gasteiger partial charge in [0.1, 0.15) is 0 Å². The molecule has 0 aliphatic carbocycles. The van der Waals surface area contributed by atoms with E-state index < -0.39 is 0 Å². The lowest BCUT2D eigenvalue weighted by Gasteiger charge is -2.27. The molecule has 0 spiro atoms. The Morgan fingerprint density at radius 1 is 1.40 bits per heavy atom. The van der Waals surface area contributed by atoms with Gasteiger partial charge in [-0.2, -0.15) is 0 Å². The highest BCUT2D eigenvalue weighted by atomic mass is 32.1. The monoisotopic (exact) mass is 297 g/mol. The van der Waals surface area contributed by atoms with Gasteiger partial charge in [-0.3, -0.25) is 0 Å². The van der Waals surface area contributed by atoms with Gasteiger partial charge in [0.25, 0.3) is 0 Å². The molecule has 0 bridgehead atoms. The fraction of sp³-hybridized carbons (Fsp3) is 0.800. The summed E-state index contributed by atoms with van der Waals surface area (Å²) in [5, 5.41) is 4.53. The first-order valence-corrected chi connectivity index (χ1v) is 8.58. The summed E-state index contributed by atoms with van der Waals surface area (Å²) in [6.07, 6.45) is 5.07. The molecule has 0 amide bonds. The van der Waals surface area contributed by atoms with Gasteiger partial charge >= 0.3 is 0 Å². The first kappa shape index (κ1) is 15.7. The zero-order valence-electron chi connectivity index (χ0n) is 12.9. The standard InChI is InChI=1S/C15H27N3OS/c1-4-13-14(10-16-5-2)20-15(17-13)18(3)11-12-8-6-7-9-19-12/h12,16H,4-11H2,1-3H3. The Morgan fingerprint density at radius 2 is 2.25 bits per heavy atom. The molecule has 0 aromatic carbocycles. The van der Waals surface area contributed by atoms with Crippen molar-refractivity contribution < 1.29 is 4.74 Å². The first-order chi connectivity index (χ1) is 9.74. The van der Waals surface area contributed by atoms with Crippen LogP contribution >= 0.6 is 11.3 Å². The number of hydrogen-bond acceptors (Lipinski definition) is 5. The van der Waals surface area contributed by atoms with E-state index in [0.29, 0.717) is 6.10 Å². The van der Waals surface area contributed by atoms with Gasteiger partial charge in [-0.1, -0.05) is 13.8 Å². The van der Waals surface area contributed by atoms with Crippen molar-refractivity contribution >= 4 is 16.5 Å². The minimum Gasteiger partial charge on any atom is -0.376 e. The van der Waals surface area contributed by atoms with E-state index in [4.69, 9.17) is 9.72 Å². The van der Waals surface area contributed by atoms with Gasteiger partial charge in [0.05, 0.1) is 11.8 Å². The highest BCUT2D eigenvalue weighted by molar-refractivity contribution is 7.15. The Kier molecular flexibility index (Phi) is 6.26. The van der Waals surface area contributed by atoms with Crippen molar-refractivity contribution in [3.05, 3.63) is 10.6 Å². The van der Waals surface area contributed by atoms with Crippen LogP contribution < -0.4 is 10.2 Å². The predicted octanol–water partition coefficient (Wildman–Crippen LogP) is 2.82. The topological polar surface area (TPSA) is 37.4 Å². The van der Waals surface area contributed by atoms with Crippen LogP contribution in [0, 0.1) is 0 Å². The predicted molar refractivity (Wildman–Crippen MR) is 85.7 cm³/mol. The minimum absolute atomic E-state index is 0.375. The summed E-state index contributed by atoms with van der Waals surface area (Å²) in [6.45, 7) is 8.13. The molecule has 1 aromatic rings. The molecule has 1 saturated heterocycles. The van der Waals surface area contributed by atoms with Crippen LogP contribution in [0.1, 0.15) is 43.7 Å². The lowest BCUT2D eigenvalue weighted by atomic mass is 10.1. The average molecular weight is 297 g/mol. The van der Waals surface area contributed by atoms with E-state index in [-0.39, 0.29) is 0 Å². The molecule has 2 rings (SSSR count).